The lowest BCUT2D eigenvalue weighted by atomic mass is 10.1. The van der Waals surface area contributed by atoms with Crippen LogP contribution < -0.4 is 4.74 Å². The van der Waals surface area contributed by atoms with Gasteiger partial charge in [-0.2, -0.15) is 0 Å². The molecule has 2 heterocycles. The third kappa shape index (κ3) is 5.30. The molecule has 0 fully saturated rings. The molecule has 0 unspecified atom stereocenters. The maximum Gasteiger partial charge on any atom is 0.213 e. The van der Waals surface area contributed by atoms with Crippen molar-refractivity contribution < 1.29 is 4.74 Å². The van der Waals surface area contributed by atoms with Crippen LogP contribution in [0.3, 0.4) is 0 Å². The van der Waals surface area contributed by atoms with Crippen LogP contribution in [0.25, 0.3) is 0 Å². The van der Waals surface area contributed by atoms with Crippen LogP contribution >= 0.6 is 0 Å². The first-order valence-electron chi connectivity index (χ1n) is 8.29. The van der Waals surface area contributed by atoms with Crippen molar-refractivity contribution in [2.45, 2.75) is 40.5 Å². The molecule has 122 valence electrons. The Labute approximate surface area is 135 Å². The molecular formula is C19H30N2O. The van der Waals surface area contributed by atoms with Gasteiger partial charge in [0.15, 0.2) is 0 Å². The van der Waals surface area contributed by atoms with E-state index in [0.717, 1.165) is 38.4 Å². The summed E-state index contributed by atoms with van der Waals surface area (Å²) in [6.07, 6.45) is 8.56. The number of methoxy groups -OCH3 is 1. The average Bonchev–Trinajstić information content (AvgIpc) is 2.78. The molecule has 1 aromatic rings. The number of pyridine rings is 1. The summed E-state index contributed by atoms with van der Waals surface area (Å²) in [5.74, 6) is 0.722. The van der Waals surface area contributed by atoms with Gasteiger partial charge in [0, 0.05) is 37.8 Å². The molecule has 0 bridgehead atoms. The molecular weight excluding hydrogens is 272 g/mol. The van der Waals surface area contributed by atoms with E-state index in [2.05, 4.69) is 48.0 Å². The zero-order valence-electron chi connectivity index (χ0n) is 14.7. The standard InChI is InChI=1S/C17H24N2O.C2H6/c1-4-6-14(5-2)13-19-11-9-15-7-8-17(20-3)18-16(15)10-12-19;1-2/h4-8H,9-13H2,1-3H3;1-2H3/b6-4-,14-5+;. The van der Waals surface area contributed by atoms with Crippen molar-refractivity contribution in [1.82, 2.24) is 9.88 Å². The van der Waals surface area contributed by atoms with Crippen LogP contribution in [0.15, 0.2) is 35.9 Å². The summed E-state index contributed by atoms with van der Waals surface area (Å²) in [4.78, 5) is 7.09. The number of hydrogen-bond donors (Lipinski definition) is 0. The number of aromatic nitrogens is 1. The van der Waals surface area contributed by atoms with Gasteiger partial charge >= 0.3 is 0 Å². The predicted molar refractivity (Wildman–Crippen MR) is 94.6 cm³/mol. The fraction of sp³-hybridized carbons (Fsp3) is 0.526. The molecule has 0 saturated heterocycles. The van der Waals surface area contributed by atoms with E-state index in [1.807, 2.05) is 19.9 Å². The van der Waals surface area contributed by atoms with Crippen molar-refractivity contribution in [2.75, 3.05) is 26.7 Å². The largest absolute Gasteiger partial charge is 0.481 e. The summed E-state index contributed by atoms with van der Waals surface area (Å²) in [5.41, 5.74) is 3.94. The van der Waals surface area contributed by atoms with E-state index in [4.69, 9.17) is 4.74 Å². The summed E-state index contributed by atoms with van der Waals surface area (Å²) >= 11 is 0. The summed E-state index contributed by atoms with van der Waals surface area (Å²) < 4.78 is 5.22. The van der Waals surface area contributed by atoms with Crippen LogP contribution in [-0.2, 0) is 12.8 Å². The smallest absolute Gasteiger partial charge is 0.213 e. The lowest BCUT2D eigenvalue weighted by Crippen LogP contribution is -2.28. The Hall–Kier alpha value is -1.61. The number of nitrogens with zero attached hydrogens (tertiary/aromatic N) is 2. The molecule has 3 heteroatoms. The maximum atomic E-state index is 5.22. The highest BCUT2D eigenvalue weighted by Crippen LogP contribution is 2.18. The first kappa shape index (κ1) is 18.4. The first-order chi connectivity index (χ1) is 10.8. The monoisotopic (exact) mass is 302 g/mol. The Morgan fingerprint density at radius 1 is 1.23 bits per heavy atom. The molecule has 22 heavy (non-hydrogen) atoms. The lowest BCUT2D eigenvalue weighted by Gasteiger charge is -2.20. The summed E-state index contributed by atoms with van der Waals surface area (Å²) in [7, 11) is 1.67. The molecule has 3 nitrogen and oxygen atoms in total. The SMILES string of the molecule is C/C=C\C(=C/C)CN1CCc2ccc(OC)nc2CC1.CC. The Morgan fingerprint density at radius 3 is 2.59 bits per heavy atom. The Kier molecular flexibility index (Phi) is 8.53. The van der Waals surface area contributed by atoms with E-state index >= 15 is 0 Å². The molecule has 0 radical (unpaired) electrons. The fourth-order valence-corrected chi connectivity index (χ4v) is 2.59. The minimum atomic E-state index is 0.722. The van der Waals surface area contributed by atoms with E-state index in [-0.39, 0.29) is 0 Å². The van der Waals surface area contributed by atoms with Crippen LogP contribution in [0.4, 0.5) is 0 Å². The van der Waals surface area contributed by atoms with E-state index in [1.165, 1.54) is 16.8 Å². The third-order valence-corrected chi connectivity index (χ3v) is 3.77. The van der Waals surface area contributed by atoms with Crippen LogP contribution in [-0.4, -0.2) is 36.6 Å². The molecule has 1 aromatic heterocycles. The highest BCUT2D eigenvalue weighted by Gasteiger charge is 2.15. The van der Waals surface area contributed by atoms with Gasteiger partial charge in [0.1, 0.15) is 0 Å². The van der Waals surface area contributed by atoms with Gasteiger partial charge in [-0.15, -0.1) is 0 Å². The number of fused-ring (bicyclic) bond motifs is 1. The second-order valence-corrected chi connectivity index (χ2v) is 5.10. The fourth-order valence-electron chi connectivity index (χ4n) is 2.59. The van der Waals surface area contributed by atoms with Gasteiger partial charge < -0.3 is 4.74 Å². The second kappa shape index (κ2) is 10.2. The van der Waals surface area contributed by atoms with E-state index in [1.54, 1.807) is 7.11 Å². The Bertz CT molecular complexity index is 506. The Balaban J connectivity index is 0.00000116. The van der Waals surface area contributed by atoms with Gasteiger partial charge in [-0.05, 0) is 31.4 Å². The average molecular weight is 302 g/mol. The highest BCUT2D eigenvalue weighted by molar-refractivity contribution is 5.28. The van der Waals surface area contributed by atoms with Crippen molar-refractivity contribution in [3.8, 4) is 5.88 Å². The first-order valence-corrected chi connectivity index (χ1v) is 8.29. The van der Waals surface area contributed by atoms with Gasteiger partial charge in [-0.25, -0.2) is 4.98 Å². The van der Waals surface area contributed by atoms with Gasteiger partial charge in [0.05, 0.1) is 7.11 Å². The maximum absolute atomic E-state index is 5.22. The summed E-state index contributed by atoms with van der Waals surface area (Å²) in [5, 5.41) is 0. The van der Waals surface area contributed by atoms with Crippen molar-refractivity contribution >= 4 is 0 Å². The van der Waals surface area contributed by atoms with E-state index in [0.29, 0.717) is 0 Å². The van der Waals surface area contributed by atoms with E-state index in [9.17, 15) is 0 Å². The lowest BCUT2D eigenvalue weighted by molar-refractivity contribution is 0.313. The summed E-state index contributed by atoms with van der Waals surface area (Å²) in [6, 6.07) is 4.12. The van der Waals surface area contributed by atoms with Gasteiger partial charge in [0.25, 0.3) is 0 Å². The molecule has 1 aliphatic rings. The van der Waals surface area contributed by atoms with Crippen LogP contribution in [0.2, 0.25) is 0 Å². The molecule has 0 saturated carbocycles. The molecule has 0 amide bonds. The highest BCUT2D eigenvalue weighted by atomic mass is 16.5. The minimum Gasteiger partial charge on any atom is -0.481 e. The number of hydrogen-bond acceptors (Lipinski definition) is 3. The third-order valence-electron chi connectivity index (χ3n) is 3.77. The zero-order valence-corrected chi connectivity index (χ0v) is 14.7. The second-order valence-electron chi connectivity index (χ2n) is 5.10. The summed E-state index contributed by atoms with van der Waals surface area (Å²) in [6.45, 7) is 11.3. The molecule has 2 rings (SSSR count). The number of allylic oxidation sites excluding steroid dienone is 2. The zero-order chi connectivity index (χ0) is 16.4. The molecule has 0 aromatic carbocycles. The van der Waals surface area contributed by atoms with Crippen molar-refractivity contribution in [2.24, 2.45) is 0 Å². The number of ether oxygens (including phenoxy) is 1. The Morgan fingerprint density at radius 2 is 1.95 bits per heavy atom. The molecule has 0 N–H and O–H groups in total. The predicted octanol–water partition coefficient (Wildman–Crippen LogP) is 4.04. The number of rotatable bonds is 4. The quantitative estimate of drug-likeness (QED) is 0.785. The normalized spacial score (nSPS) is 15.8. The van der Waals surface area contributed by atoms with Gasteiger partial charge in [-0.3, -0.25) is 4.90 Å². The van der Waals surface area contributed by atoms with Crippen LogP contribution in [0.1, 0.15) is 39.0 Å². The van der Waals surface area contributed by atoms with Crippen molar-refractivity contribution in [3.05, 3.63) is 47.2 Å². The van der Waals surface area contributed by atoms with Crippen LogP contribution in [0, 0.1) is 0 Å². The van der Waals surface area contributed by atoms with Crippen molar-refractivity contribution in [1.29, 1.82) is 0 Å². The molecule has 0 spiro atoms. The molecule has 1 aliphatic heterocycles. The topological polar surface area (TPSA) is 25.4 Å². The van der Waals surface area contributed by atoms with Crippen molar-refractivity contribution in [3.63, 3.8) is 0 Å². The molecule has 0 aliphatic carbocycles. The minimum absolute atomic E-state index is 0.722. The van der Waals surface area contributed by atoms with Crippen LogP contribution in [0.5, 0.6) is 5.88 Å². The molecule has 0 atom stereocenters. The van der Waals surface area contributed by atoms with E-state index < -0.39 is 0 Å². The van der Waals surface area contributed by atoms with Gasteiger partial charge in [0.2, 0.25) is 5.88 Å². The van der Waals surface area contributed by atoms with Gasteiger partial charge in [-0.1, -0.05) is 38.1 Å².